The van der Waals surface area contributed by atoms with Crippen LogP contribution in [0.15, 0.2) is 48.5 Å². The molecule has 1 aromatic heterocycles. The van der Waals surface area contributed by atoms with Crippen LogP contribution >= 0.6 is 23.2 Å². The van der Waals surface area contributed by atoms with Crippen molar-refractivity contribution < 1.29 is 9.90 Å². The average molecular weight is 389 g/mol. The highest BCUT2D eigenvalue weighted by Gasteiger charge is 2.07. The van der Waals surface area contributed by atoms with Crippen LogP contribution in [0.3, 0.4) is 0 Å². The number of halogens is 2. The van der Waals surface area contributed by atoms with Gasteiger partial charge in [0.15, 0.2) is 0 Å². The first-order chi connectivity index (χ1) is 12.4. The van der Waals surface area contributed by atoms with Crippen molar-refractivity contribution in [1.29, 1.82) is 0 Å². The Balaban J connectivity index is 1.83. The second kappa shape index (κ2) is 7.59. The molecule has 0 atom stereocenters. The molecule has 6 nitrogen and oxygen atoms in total. The monoisotopic (exact) mass is 388 g/mol. The molecule has 3 rings (SSSR count). The molecule has 0 aliphatic carbocycles. The van der Waals surface area contributed by atoms with Crippen molar-refractivity contribution in [2.45, 2.75) is 6.92 Å². The van der Waals surface area contributed by atoms with E-state index >= 15 is 0 Å². The van der Waals surface area contributed by atoms with Crippen LogP contribution < -0.4 is 10.6 Å². The fourth-order valence-electron chi connectivity index (χ4n) is 2.27. The third kappa shape index (κ3) is 4.41. The number of benzene rings is 2. The van der Waals surface area contributed by atoms with Crippen molar-refractivity contribution >= 4 is 52.2 Å². The summed E-state index contributed by atoms with van der Waals surface area (Å²) in [7, 11) is 0. The quantitative estimate of drug-likeness (QED) is 0.551. The number of hydrogen-bond acceptors (Lipinski definition) is 5. The molecule has 8 heteroatoms. The van der Waals surface area contributed by atoms with Crippen LogP contribution in [0.5, 0.6) is 0 Å². The van der Waals surface area contributed by atoms with Crippen molar-refractivity contribution in [2.75, 3.05) is 10.6 Å². The van der Waals surface area contributed by atoms with Crippen molar-refractivity contribution in [3.8, 4) is 0 Å². The van der Waals surface area contributed by atoms with E-state index in [9.17, 15) is 4.79 Å². The Hall–Kier alpha value is -2.83. The van der Waals surface area contributed by atoms with Crippen molar-refractivity contribution in [2.24, 2.45) is 0 Å². The summed E-state index contributed by atoms with van der Waals surface area (Å²) in [6.07, 6.45) is 0. The van der Waals surface area contributed by atoms with Gasteiger partial charge >= 0.3 is 5.97 Å². The lowest BCUT2D eigenvalue weighted by Gasteiger charge is -2.11. The van der Waals surface area contributed by atoms with Gasteiger partial charge in [0.1, 0.15) is 17.5 Å². The first-order valence-electron chi connectivity index (χ1n) is 7.59. The van der Waals surface area contributed by atoms with Crippen LogP contribution in [0.2, 0.25) is 10.0 Å². The summed E-state index contributed by atoms with van der Waals surface area (Å²) >= 11 is 12.2. The molecule has 0 aliphatic rings. The van der Waals surface area contributed by atoms with E-state index in [0.29, 0.717) is 38.9 Å². The van der Waals surface area contributed by atoms with Gasteiger partial charge in [0.25, 0.3) is 0 Å². The van der Waals surface area contributed by atoms with Gasteiger partial charge in [0.05, 0.1) is 16.3 Å². The predicted octanol–water partition coefficient (Wildman–Crippen LogP) is 5.28. The molecule has 0 radical (unpaired) electrons. The van der Waals surface area contributed by atoms with Crippen LogP contribution in [-0.4, -0.2) is 21.0 Å². The Morgan fingerprint density at radius 3 is 2.27 bits per heavy atom. The van der Waals surface area contributed by atoms with Gasteiger partial charge in [-0.2, -0.15) is 0 Å². The Morgan fingerprint density at radius 1 is 0.962 bits per heavy atom. The van der Waals surface area contributed by atoms with E-state index < -0.39 is 5.97 Å². The summed E-state index contributed by atoms with van der Waals surface area (Å²) in [5, 5.41) is 16.3. The maximum atomic E-state index is 10.9. The molecule has 1 heterocycles. The van der Waals surface area contributed by atoms with E-state index in [4.69, 9.17) is 28.3 Å². The van der Waals surface area contributed by atoms with Gasteiger partial charge in [-0.15, -0.1) is 0 Å². The Bertz CT molecular complexity index is 962. The van der Waals surface area contributed by atoms with E-state index in [-0.39, 0.29) is 5.56 Å². The summed E-state index contributed by atoms with van der Waals surface area (Å²) < 4.78 is 0. The number of aromatic carboxylic acids is 1. The first-order valence-corrected chi connectivity index (χ1v) is 8.34. The van der Waals surface area contributed by atoms with Gasteiger partial charge in [0.2, 0.25) is 0 Å². The number of hydrogen-bond donors (Lipinski definition) is 3. The van der Waals surface area contributed by atoms with Crippen LogP contribution in [0.1, 0.15) is 16.2 Å². The minimum Gasteiger partial charge on any atom is -0.478 e. The largest absolute Gasteiger partial charge is 0.478 e. The normalized spacial score (nSPS) is 10.4. The maximum Gasteiger partial charge on any atom is 0.335 e. The zero-order chi connectivity index (χ0) is 18.7. The molecule has 0 bridgehead atoms. The van der Waals surface area contributed by atoms with Crippen molar-refractivity contribution in [1.82, 2.24) is 9.97 Å². The van der Waals surface area contributed by atoms with Gasteiger partial charge in [0, 0.05) is 16.8 Å². The smallest absolute Gasteiger partial charge is 0.335 e. The molecule has 3 N–H and O–H groups in total. The molecular formula is C18H14Cl2N4O2. The molecule has 2 aromatic carbocycles. The number of carboxylic acids is 1. The van der Waals surface area contributed by atoms with Crippen LogP contribution in [0, 0.1) is 6.92 Å². The SMILES string of the molecule is Cc1nc(Nc2ccc(C(=O)O)cc2)cc(Nc2cc(Cl)ccc2Cl)n1. The number of aromatic nitrogens is 2. The van der Waals surface area contributed by atoms with Crippen LogP contribution in [0.25, 0.3) is 0 Å². The molecule has 0 unspecified atom stereocenters. The molecule has 0 saturated heterocycles. The zero-order valence-corrected chi connectivity index (χ0v) is 15.1. The van der Waals surface area contributed by atoms with E-state index in [2.05, 4.69) is 20.6 Å². The molecule has 0 saturated carbocycles. The Labute approximate surface area is 159 Å². The highest BCUT2D eigenvalue weighted by Crippen LogP contribution is 2.28. The number of nitrogens with one attached hydrogen (secondary N) is 2. The number of carboxylic acid groups (broad SMARTS) is 1. The minimum atomic E-state index is -0.973. The van der Waals surface area contributed by atoms with Crippen molar-refractivity contribution in [3.63, 3.8) is 0 Å². The average Bonchev–Trinajstić information content (AvgIpc) is 2.58. The second-order valence-corrected chi connectivity index (χ2v) is 6.29. The lowest BCUT2D eigenvalue weighted by molar-refractivity contribution is 0.0697. The number of nitrogens with zero attached hydrogens (tertiary/aromatic N) is 2. The van der Waals surface area contributed by atoms with Gasteiger partial charge in [-0.3, -0.25) is 0 Å². The summed E-state index contributed by atoms with van der Waals surface area (Å²) in [6.45, 7) is 1.77. The van der Waals surface area contributed by atoms with Gasteiger partial charge < -0.3 is 15.7 Å². The predicted molar refractivity (Wildman–Crippen MR) is 103 cm³/mol. The van der Waals surface area contributed by atoms with E-state index in [0.717, 1.165) is 0 Å². The van der Waals surface area contributed by atoms with E-state index in [1.165, 1.54) is 12.1 Å². The maximum absolute atomic E-state index is 10.9. The third-order valence-electron chi connectivity index (χ3n) is 3.43. The number of anilines is 4. The molecule has 0 amide bonds. The minimum absolute atomic E-state index is 0.215. The summed E-state index contributed by atoms with van der Waals surface area (Å²) in [4.78, 5) is 19.6. The lowest BCUT2D eigenvalue weighted by atomic mass is 10.2. The Morgan fingerprint density at radius 2 is 1.62 bits per heavy atom. The molecule has 3 aromatic rings. The van der Waals surface area contributed by atoms with Crippen LogP contribution in [-0.2, 0) is 0 Å². The molecule has 0 fully saturated rings. The van der Waals surface area contributed by atoms with E-state index in [1.807, 2.05) is 0 Å². The molecule has 0 spiro atoms. The van der Waals surface area contributed by atoms with Gasteiger partial charge in [-0.1, -0.05) is 23.2 Å². The molecule has 0 aliphatic heterocycles. The molecule has 132 valence electrons. The Kier molecular flexibility index (Phi) is 5.25. The zero-order valence-electron chi connectivity index (χ0n) is 13.6. The fraction of sp³-hybridized carbons (Fsp3) is 0.0556. The second-order valence-electron chi connectivity index (χ2n) is 5.44. The molecular weight excluding hydrogens is 375 g/mol. The molecule has 26 heavy (non-hydrogen) atoms. The van der Waals surface area contributed by atoms with Crippen LogP contribution in [0.4, 0.5) is 23.0 Å². The first kappa shape index (κ1) is 18.0. The number of carbonyl (C=O) groups is 1. The number of aryl methyl sites for hydroxylation is 1. The van der Waals surface area contributed by atoms with Gasteiger partial charge in [-0.05, 0) is 49.4 Å². The summed E-state index contributed by atoms with van der Waals surface area (Å²) in [5.74, 6) is 0.685. The summed E-state index contributed by atoms with van der Waals surface area (Å²) in [5.41, 5.74) is 1.56. The summed E-state index contributed by atoms with van der Waals surface area (Å²) in [6, 6.07) is 13.2. The van der Waals surface area contributed by atoms with Crippen molar-refractivity contribution in [3.05, 3.63) is 70.0 Å². The number of rotatable bonds is 5. The lowest BCUT2D eigenvalue weighted by Crippen LogP contribution is -2.02. The topological polar surface area (TPSA) is 87.1 Å². The third-order valence-corrected chi connectivity index (χ3v) is 4.00. The highest BCUT2D eigenvalue weighted by atomic mass is 35.5. The highest BCUT2D eigenvalue weighted by molar-refractivity contribution is 6.35. The fourth-order valence-corrected chi connectivity index (χ4v) is 2.61. The van der Waals surface area contributed by atoms with Gasteiger partial charge in [-0.25, -0.2) is 14.8 Å². The van der Waals surface area contributed by atoms with E-state index in [1.54, 1.807) is 43.3 Å². The standard InChI is InChI=1S/C18H14Cl2N4O2/c1-10-21-16(23-13-5-2-11(3-6-13)18(25)26)9-17(22-10)24-15-8-12(19)4-7-14(15)20/h2-9H,1H3,(H,25,26)(H2,21,22,23,24).